The van der Waals surface area contributed by atoms with Gasteiger partial charge in [0.25, 0.3) is 5.88 Å². The van der Waals surface area contributed by atoms with Gasteiger partial charge in [-0.15, -0.1) is 5.10 Å². The normalized spacial score (nSPS) is 18.2. The van der Waals surface area contributed by atoms with E-state index in [1.165, 1.54) is 18.4 Å². The van der Waals surface area contributed by atoms with Crippen LogP contribution >= 0.6 is 0 Å². The zero-order chi connectivity index (χ0) is 23.1. The molecule has 2 aliphatic rings. The SMILES string of the molecule is COc1nn2c(-c3c(C)cc(N(C)C)nc3C)cccc2c1N(CC1CC1)CC1CCOC1. The Morgan fingerprint density at radius 3 is 2.55 bits per heavy atom. The minimum absolute atomic E-state index is 0.554. The summed E-state index contributed by atoms with van der Waals surface area (Å²) in [6.07, 6.45) is 3.75. The maximum Gasteiger partial charge on any atom is 0.257 e. The molecule has 2 fully saturated rings. The lowest BCUT2D eigenvalue weighted by Crippen LogP contribution is -2.32. The zero-order valence-electron chi connectivity index (χ0n) is 20.5. The topological polar surface area (TPSA) is 55.1 Å². The summed E-state index contributed by atoms with van der Waals surface area (Å²) in [6.45, 7) is 7.97. The van der Waals surface area contributed by atoms with E-state index in [1.54, 1.807) is 7.11 Å². The molecule has 0 spiro atoms. The summed E-state index contributed by atoms with van der Waals surface area (Å²) in [6, 6.07) is 8.56. The van der Waals surface area contributed by atoms with Gasteiger partial charge in [0.2, 0.25) is 0 Å². The van der Waals surface area contributed by atoms with Gasteiger partial charge < -0.3 is 19.3 Å². The van der Waals surface area contributed by atoms with Crippen molar-refractivity contribution in [1.29, 1.82) is 0 Å². The molecule has 3 aromatic heterocycles. The highest BCUT2D eigenvalue weighted by molar-refractivity contribution is 5.82. The second-order valence-electron chi connectivity index (χ2n) is 9.80. The van der Waals surface area contributed by atoms with Crippen molar-refractivity contribution in [3.63, 3.8) is 0 Å². The highest BCUT2D eigenvalue weighted by Crippen LogP contribution is 2.40. The van der Waals surface area contributed by atoms with Gasteiger partial charge in [0.1, 0.15) is 11.5 Å². The number of aryl methyl sites for hydroxylation is 2. The number of nitrogens with zero attached hydrogens (tertiary/aromatic N) is 5. The lowest BCUT2D eigenvalue weighted by atomic mass is 10.0. The largest absolute Gasteiger partial charge is 0.478 e. The monoisotopic (exact) mass is 449 g/mol. The number of methoxy groups -OCH3 is 1. The molecule has 7 nitrogen and oxygen atoms in total. The maximum absolute atomic E-state index is 5.85. The van der Waals surface area contributed by atoms with Gasteiger partial charge in [0, 0.05) is 51.0 Å². The maximum atomic E-state index is 5.85. The molecule has 0 aromatic carbocycles. The Hall–Kier alpha value is -2.80. The fraction of sp³-hybridized carbons (Fsp3) is 0.538. The van der Waals surface area contributed by atoms with Gasteiger partial charge in [-0.25, -0.2) is 9.50 Å². The predicted molar refractivity (Wildman–Crippen MR) is 133 cm³/mol. The van der Waals surface area contributed by atoms with Crippen LogP contribution in [0.4, 0.5) is 11.5 Å². The van der Waals surface area contributed by atoms with Gasteiger partial charge in [0.05, 0.1) is 24.9 Å². The van der Waals surface area contributed by atoms with E-state index >= 15 is 0 Å². The number of anilines is 2. The summed E-state index contributed by atoms with van der Waals surface area (Å²) in [5.41, 5.74) is 6.54. The Morgan fingerprint density at radius 2 is 1.91 bits per heavy atom. The van der Waals surface area contributed by atoms with Crippen molar-refractivity contribution in [3.8, 4) is 17.1 Å². The smallest absolute Gasteiger partial charge is 0.257 e. The summed E-state index contributed by atoms with van der Waals surface area (Å²) in [5.74, 6) is 2.98. The van der Waals surface area contributed by atoms with Crippen LogP contribution in [0.15, 0.2) is 24.3 Å². The number of pyridine rings is 2. The van der Waals surface area contributed by atoms with Crippen LogP contribution in [0.3, 0.4) is 0 Å². The molecule has 1 unspecified atom stereocenters. The lowest BCUT2D eigenvalue weighted by molar-refractivity contribution is 0.186. The predicted octanol–water partition coefficient (Wildman–Crippen LogP) is 4.34. The molecule has 0 N–H and O–H groups in total. The molecule has 0 amide bonds. The van der Waals surface area contributed by atoms with Gasteiger partial charge in [-0.1, -0.05) is 6.07 Å². The fourth-order valence-electron chi connectivity index (χ4n) is 5.00. The van der Waals surface area contributed by atoms with Crippen LogP contribution in [0.25, 0.3) is 16.8 Å². The second-order valence-corrected chi connectivity index (χ2v) is 9.80. The summed E-state index contributed by atoms with van der Waals surface area (Å²) in [4.78, 5) is 9.40. The van der Waals surface area contributed by atoms with E-state index in [0.29, 0.717) is 11.8 Å². The van der Waals surface area contributed by atoms with Crippen molar-refractivity contribution in [2.75, 3.05) is 57.3 Å². The zero-order valence-corrected chi connectivity index (χ0v) is 20.5. The molecule has 1 aliphatic carbocycles. The van der Waals surface area contributed by atoms with Crippen molar-refractivity contribution >= 4 is 17.0 Å². The Bertz CT molecular complexity index is 1120. The van der Waals surface area contributed by atoms with Gasteiger partial charge in [-0.3, -0.25) is 0 Å². The molecular formula is C26H35N5O2. The number of fused-ring (bicyclic) bond motifs is 1. The molecule has 5 rings (SSSR count). The molecule has 1 atom stereocenters. The van der Waals surface area contributed by atoms with E-state index < -0.39 is 0 Å². The highest BCUT2D eigenvalue weighted by atomic mass is 16.5. The second kappa shape index (κ2) is 8.86. The molecular weight excluding hydrogens is 414 g/mol. The molecule has 1 aliphatic heterocycles. The number of rotatable bonds is 8. The number of aromatic nitrogens is 3. The molecule has 176 valence electrons. The number of hydrogen-bond donors (Lipinski definition) is 0. The Labute approximate surface area is 196 Å². The van der Waals surface area contributed by atoms with Crippen LogP contribution in [0, 0.1) is 25.7 Å². The minimum atomic E-state index is 0.554. The van der Waals surface area contributed by atoms with Gasteiger partial charge >= 0.3 is 0 Å². The van der Waals surface area contributed by atoms with E-state index in [1.807, 2.05) is 23.5 Å². The highest BCUT2D eigenvalue weighted by Gasteiger charge is 2.31. The molecule has 0 radical (unpaired) electrons. The van der Waals surface area contributed by atoms with E-state index in [2.05, 4.69) is 43.0 Å². The quantitative estimate of drug-likeness (QED) is 0.510. The first-order valence-corrected chi connectivity index (χ1v) is 12.0. The molecule has 7 heteroatoms. The summed E-state index contributed by atoms with van der Waals surface area (Å²) < 4.78 is 13.6. The van der Waals surface area contributed by atoms with Crippen molar-refractivity contribution in [3.05, 3.63) is 35.5 Å². The van der Waals surface area contributed by atoms with E-state index in [9.17, 15) is 0 Å². The summed E-state index contributed by atoms with van der Waals surface area (Å²) >= 11 is 0. The van der Waals surface area contributed by atoms with Crippen LogP contribution in [0.1, 0.15) is 30.5 Å². The van der Waals surface area contributed by atoms with Gasteiger partial charge in [-0.05, 0) is 62.8 Å². The van der Waals surface area contributed by atoms with Crippen LogP contribution in [-0.4, -0.2) is 62.1 Å². The van der Waals surface area contributed by atoms with Gasteiger partial charge in [0.15, 0.2) is 0 Å². The molecule has 1 saturated heterocycles. The fourth-order valence-corrected chi connectivity index (χ4v) is 5.00. The molecule has 4 heterocycles. The van der Waals surface area contributed by atoms with Crippen LogP contribution < -0.4 is 14.5 Å². The molecule has 33 heavy (non-hydrogen) atoms. The van der Waals surface area contributed by atoms with E-state index in [4.69, 9.17) is 19.6 Å². The third-order valence-electron chi connectivity index (χ3n) is 6.89. The third-order valence-corrected chi connectivity index (χ3v) is 6.89. The Balaban J connectivity index is 1.62. The van der Waals surface area contributed by atoms with Crippen molar-refractivity contribution in [1.82, 2.24) is 14.6 Å². The van der Waals surface area contributed by atoms with Crippen LogP contribution in [0.2, 0.25) is 0 Å². The van der Waals surface area contributed by atoms with Crippen molar-refractivity contribution in [2.45, 2.75) is 33.1 Å². The summed E-state index contributed by atoms with van der Waals surface area (Å²) in [5, 5.41) is 4.95. The number of hydrogen-bond acceptors (Lipinski definition) is 6. The summed E-state index contributed by atoms with van der Waals surface area (Å²) in [7, 11) is 5.77. The van der Waals surface area contributed by atoms with Crippen LogP contribution in [0.5, 0.6) is 5.88 Å². The first-order valence-electron chi connectivity index (χ1n) is 12.0. The van der Waals surface area contributed by atoms with Crippen molar-refractivity contribution < 1.29 is 9.47 Å². The average Bonchev–Trinajstić information content (AvgIpc) is 3.30. The Morgan fingerprint density at radius 1 is 1.12 bits per heavy atom. The first-order chi connectivity index (χ1) is 16.0. The third kappa shape index (κ3) is 4.26. The molecule has 1 saturated carbocycles. The first kappa shape index (κ1) is 22.0. The Kier molecular flexibility index (Phi) is 5.91. The number of ether oxygens (including phenoxy) is 2. The van der Waals surface area contributed by atoms with E-state index in [-0.39, 0.29) is 0 Å². The average molecular weight is 450 g/mol. The van der Waals surface area contributed by atoms with Crippen LogP contribution in [-0.2, 0) is 4.74 Å². The lowest BCUT2D eigenvalue weighted by Gasteiger charge is -2.27. The molecule has 3 aromatic rings. The minimum Gasteiger partial charge on any atom is -0.478 e. The van der Waals surface area contributed by atoms with E-state index in [0.717, 1.165) is 72.6 Å². The van der Waals surface area contributed by atoms with Crippen molar-refractivity contribution in [2.24, 2.45) is 11.8 Å². The molecule has 0 bridgehead atoms. The van der Waals surface area contributed by atoms with Gasteiger partial charge in [-0.2, -0.15) is 0 Å². The standard InChI is InChI=1S/C26H35N5O2/c1-17-13-23(29(3)4)27-18(2)24(17)21-7-6-8-22-25(26(32-5)28-31(21)22)30(14-19-9-10-19)15-20-11-12-33-16-20/h6-8,13,19-20H,9-12,14-16H2,1-5H3.